The second-order valence-corrected chi connectivity index (χ2v) is 8.50. The van der Waals surface area contributed by atoms with Gasteiger partial charge in [-0.15, -0.1) is 11.3 Å². The van der Waals surface area contributed by atoms with Crippen molar-refractivity contribution in [3.05, 3.63) is 53.1 Å². The van der Waals surface area contributed by atoms with E-state index in [1.807, 2.05) is 22.4 Å². The summed E-state index contributed by atoms with van der Waals surface area (Å²) in [4.78, 5) is 37.5. The Balaban J connectivity index is 1.43. The highest BCUT2D eigenvalue weighted by atomic mass is 32.1. The number of carbonyl (C=O) groups is 2. The van der Waals surface area contributed by atoms with Crippen molar-refractivity contribution in [1.29, 1.82) is 0 Å². The van der Waals surface area contributed by atoms with Crippen LogP contribution in [0.5, 0.6) is 0 Å². The SMILES string of the molecule is CN(C)C(=O)c1cn[nH]c1[C@H]1CCCN(C(=O)Cc2csc(-c3cccnc3)n2)C1. The second kappa shape index (κ2) is 8.74. The normalized spacial score (nSPS) is 16.5. The quantitative estimate of drug-likeness (QED) is 0.679. The zero-order valence-electron chi connectivity index (χ0n) is 17.0. The van der Waals surface area contributed by atoms with E-state index in [2.05, 4.69) is 20.2 Å². The van der Waals surface area contributed by atoms with Gasteiger partial charge >= 0.3 is 0 Å². The molecule has 0 aromatic carbocycles. The smallest absolute Gasteiger partial charge is 0.256 e. The molecule has 3 aromatic rings. The predicted octanol–water partition coefficient (Wildman–Crippen LogP) is 2.58. The first-order valence-corrected chi connectivity index (χ1v) is 10.8. The lowest BCUT2D eigenvalue weighted by Gasteiger charge is -2.32. The van der Waals surface area contributed by atoms with Gasteiger partial charge in [0.05, 0.1) is 29.6 Å². The van der Waals surface area contributed by atoms with Gasteiger partial charge in [0.2, 0.25) is 5.91 Å². The van der Waals surface area contributed by atoms with E-state index in [1.165, 1.54) is 11.3 Å². The average molecular weight is 425 g/mol. The van der Waals surface area contributed by atoms with Gasteiger partial charge in [0.25, 0.3) is 5.91 Å². The van der Waals surface area contributed by atoms with E-state index in [-0.39, 0.29) is 24.2 Å². The van der Waals surface area contributed by atoms with Crippen LogP contribution in [0.25, 0.3) is 10.6 Å². The fraction of sp³-hybridized carbons (Fsp3) is 0.381. The number of likely N-dealkylation sites (tertiary alicyclic amines) is 1. The zero-order chi connectivity index (χ0) is 21.1. The zero-order valence-corrected chi connectivity index (χ0v) is 17.9. The number of thiazole rings is 1. The molecule has 0 aliphatic carbocycles. The molecule has 3 aromatic heterocycles. The number of carbonyl (C=O) groups excluding carboxylic acids is 2. The Hall–Kier alpha value is -3.07. The van der Waals surface area contributed by atoms with Gasteiger partial charge in [0, 0.05) is 56.4 Å². The summed E-state index contributed by atoms with van der Waals surface area (Å²) in [6.07, 6.45) is 7.16. The standard InChI is InChI=1S/C21H24N6O2S/c1-26(2)21(29)17-11-23-25-19(17)15-6-4-8-27(12-15)18(28)9-16-13-30-20(24-16)14-5-3-7-22-10-14/h3,5,7,10-11,13,15H,4,6,8-9,12H2,1-2H3,(H,23,25)/t15-/m0/s1. The van der Waals surface area contributed by atoms with Gasteiger partial charge < -0.3 is 9.80 Å². The number of piperidine rings is 1. The Morgan fingerprint density at radius 3 is 2.97 bits per heavy atom. The third kappa shape index (κ3) is 4.25. The summed E-state index contributed by atoms with van der Waals surface area (Å²) in [5.41, 5.74) is 3.13. The van der Waals surface area contributed by atoms with Crippen molar-refractivity contribution in [1.82, 2.24) is 30.0 Å². The van der Waals surface area contributed by atoms with Gasteiger partial charge in [-0.25, -0.2) is 4.98 Å². The molecule has 0 spiro atoms. The molecule has 2 amide bonds. The molecule has 0 radical (unpaired) electrons. The first kappa shape index (κ1) is 20.2. The van der Waals surface area contributed by atoms with Crippen LogP contribution in [-0.2, 0) is 11.2 Å². The van der Waals surface area contributed by atoms with E-state index in [9.17, 15) is 9.59 Å². The molecule has 156 valence electrons. The molecule has 4 heterocycles. The van der Waals surface area contributed by atoms with Gasteiger partial charge in [-0.05, 0) is 25.0 Å². The van der Waals surface area contributed by atoms with Crippen molar-refractivity contribution in [3.63, 3.8) is 0 Å². The van der Waals surface area contributed by atoms with Gasteiger partial charge in [0.1, 0.15) is 5.01 Å². The molecule has 1 N–H and O–H groups in total. The lowest BCUT2D eigenvalue weighted by Crippen LogP contribution is -2.40. The Morgan fingerprint density at radius 1 is 1.33 bits per heavy atom. The molecule has 0 unspecified atom stereocenters. The number of pyridine rings is 1. The van der Waals surface area contributed by atoms with Gasteiger partial charge in [-0.1, -0.05) is 0 Å². The molecule has 0 saturated carbocycles. The van der Waals surface area contributed by atoms with E-state index in [1.54, 1.807) is 37.6 Å². The minimum atomic E-state index is -0.0763. The first-order chi connectivity index (χ1) is 14.5. The highest BCUT2D eigenvalue weighted by Gasteiger charge is 2.29. The number of nitrogens with one attached hydrogen (secondary N) is 1. The van der Waals surface area contributed by atoms with Crippen LogP contribution < -0.4 is 0 Å². The number of aromatic amines is 1. The van der Waals surface area contributed by atoms with E-state index >= 15 is 0 Å². The van der Waals surface area contributed by atoms with E-state index in [0.717, 1.165) is 41.3 Å². The summed E-state index contributed by atoms with van der Waals surface area (Å²) in [5.74, 6) is 0.0563. The lowest BCUT2D eigenvalue weighted by atomic mass is 9.92. The number of hydrogen-bond acceptors (Lipinski definition) is 6. The van der Waals surface area contributed by atoms with Crippen molar-refractivity contribution >= 4 is 23.2 Å². The molecule has 4 rings (SSSR count). The molecule has 1 saturated heterocycles. The predicted molar refractivity (Wildman–Crippen MR) is 114 cm³/mol. The van der Waals surface area contributed by atoms with Crippen LogP contribution in [0.2, 0.25) is 0 Å². The number of aromatic nitrogens is 4. The summed E-state index contributed by atoms with van der Waals surface area (Å²) in [6.45, 7) is 1.30. The fourth-order valence-electron chi connectivity index (χ4n) is 3.73. The van der Waals surface area contributed by atoms with Gasteiger partial charge in [-0.3, -0.25) is 19.7 Å². The summed E-state index contributed by atoms with van der Waals surface area (Å²) in [6, 6.07) is 3.84. The van der Waals surface area contributed by atoms with Crippen LogP contribution in [0.1, 0.15) is 40.5 Å². The Kier molecular flexibility index (Phi) is 5.89. The second-order valence-electron chi connectivity index (χ2n) is 7.64. The monoisotopic (exact) mass is 424 g/mol. The third-order valence-corrected chi connectivity index (χ3v) is 6.22. The molecule has 1 fully saturated rings. The van der Waals surface area contributed by atoms with Crippen LogP contribution >= 0.6 is 11.3 Å². The van der Waals surface area contributed by atoms with Crippen LogP contribution in [0, 0.1) is 0 Å². The van der Waals surface area contributed by atoms with E-state index in [0.29, 0.717) is 12.1 Å². The summed E-state index contributed by atoms with van der Waals surface area (Å²) >= 11 is 1.52. The van der Waals surface area contributed by atoms with Crippen molar-refractivity contribution in [2.24, 2.45) is 0 Å². The van der Waals surface area contributed by atoms with Crippen molar-refractivity contribution in [2.45, 2.75) is 25.2 Å². The molecule has 8 nitrogen and oxygen atoms in total. The van der Waals surface area contributed by atoms with Crippen LogP contribution in [0.4, 0.5) is 0 Å². The maximum absolute atomic E-state index is 12.9. The summed E-state index contributed by atoms with van der Waals surface area (Å²) in [5, 5.41) is 9.87. The van der Waals surface area contributed by atoms with E-state index in [4.69, 9.17) is 0 Å². The average Bonchev–Trinajstić information content (AvgIpc) is 3.43. The van der Waals surface area contributed by atoms with Gasteiger partial charge in [0.15, 0.2) is 0 Å². The van der Waals surface area contributed by atoms with Crippen molar-refractivity contribution < 1.29 is 9.59 Å². The molecule has 1 aliphatic heterocycles. The highest BCUT2D eigenvalue weighted by Crippen LogP contribution is 2.29. The fourth-order valence-corrected chi connectivity index (χ4v) is 4.55. The largest absolute Gasteiger partial charge is 0.345 e. The minimum Gasteiger partial charge on any atom is -0.345 e. The lowest BCUT2D eigenvalue weighted by molar-refractivity contribution is -0.131. The molecule has 9 heteroatoms. The van der Waals surface area contributed by atoms with Crippen molar-refractivity contribution in [2.75, 3.05) is 27.2 Å². The molecule has 30 heavy (non-hydrogen) atoms. The highest BCUT2D eigenvalue weighted by molar-refractivity contribution is 7.13. The first-order valence-electron chi connectivity index (χ1n) is 9.90. The maximum atomic E-state index is 12.9. The van der Waals surface area contributed by atoms with Gasteiger partial charge in [-0.2, -0.15) is 5.10 Å². The number of amides is 2. The maximum Gasteiger partial charge on any atom is 0.256 e. The number of hydrogen-bond donors (Lipinski definition) is 1. The third-order valence-electron chi connectivity index (χ3n) is 5.28. The minimum absolute atomic E-state index is 0.0581. The van der Waals surface area contributed by atoms with Crippen LogP contribution in [-0.4, -0.2) is 69.0 Å². The Morgan fingerprint density at radius 2 is 2.20 bits per heavy atom. The topological polar surface area (TPSA) is 95.1 Å². The Bertz CT molecular complexity index is 1030. The van der Waals surface area contributed by atoms with Crippen LogP contribution in [0.15, 0.2) is 36.1 Å². The summed E-state index contributed by atoms with van der Waals surface area (Å²) < 4.78 is 0. The number of rotatable bonds is 5. The Labute approximate surface area is 179 Å². The summed E-state index contributed by atoms with van der Waals surface area (Å²) in [7, 11) is 3.45. The molecule has 1 atom stereocenters. The number of nitrogens with zero attached hydrogens (tertiary/aromatic N) is 5. The van der Waals surface area contributed by atoms with Crippen molar-refractivity contribution in [3.8, 4) is 10.6 Å². The van der Waals surface area contributed by atoms with E-state index < -0.39 is 0 Å². The van der Waals surface area contributed by atoms with Crippen LogP contribution in [0.3, 0.4) is 0 Å². The molecule has 0 bridgehead atoms. The molecule has 1 aliphatic rings. The number of H-pyrrole nitrogens is 1. The molecular weight excluding hydrogens is 400 g/mol. The molecular formula is C21H24N6O2S.